The molecule has 1 saturated carbocycles. The number of carbonyl (C=O) groups is 1. The first-order valence-electron chi connectivity index (χ1n) is 14.6. The van der Waals surface area contributed by atoms with Gasteiger partial charge in [-0.05, 0) is 36.6 Å². The second-order valence-electron chi connectivity index (χ2n) is 11.3. The van der Waals surface area contributed by atoms with Crippen LogP contribution in [0, 0.1) is 0 Å². The summed E-state index contributed by atoms with van der Waals surface area (Å²) in [6, 6.07) is 16.2. The maximum Gasteiger partial charge on any atom is 0.271 e. The number of ether oxygens (including phenoxy) is 3. The van der Waals surface area contributed by atoms with Crippen molar-refractivity contribution in [1.82, 2.24) is 29.5 Å². The Bertz CT molecular complexity index is 1770. The van der Waals surface area contributed by atoms with Crippen LogP contribution in [0.25, 0.3) is 27.9 Å². The zero-order chi connectivity index (χ0) is 29.5. The molecule has 0 bridgehead atoms. The van der Waals surface area contributed by atoms with Crippen molar-refractivity contribution in [3.05, 3.63) is 78.4 Å². The number of rotatable bonds is 9. The Morgan fingerprint density at radius 2 is 1.88 bits per heavy atom. The van der Waals surface area contributed by atoms with Crippen LogP contribution in [0.15, 0.2) is 67.1 Å². The number of nitrogens with zero attached hydrogens (tertiary/aromatic N) is 6. The molecule has 4 aromatic heterocycles. The van der Waals surface area contributed by atoms with Gasteiger partial charge in [-0.25, -0.2) is 14.5 Å². The fourth-order valence-electron chi connectivity index (χ4n) is 6.17. The number of amides is 1. The van der Waals surface area contributed by atoms with E-state index in [1.807, 2.05) is 43.4 Å². The third-order valence-corrected chi connectivity index (χ3v) is 8.71. The van der Waals surface area contributed by atoms with Crippen molar-refractivity contribution >= 4 is 28.3 Å². The molecule has 1 saturated heterocycles. The van der Waals surface area contributed by atoms with Crippen molar-refractivity contribution in [2.75, 3.05) is 39.4 Å². The van der Waals surface area contributed by atoms with Crippen molar-refractivity contribution in [2.24, 2.45) is 0 Å². The van der Waals surface area contributed by atoms with Crippen molar-refractivity contribution in [2.45, 2.75) is 43.7 Å². The highest BCUT2D eigenvalue weighted by atomic mass is 16.5. The molecule has 2 aliphatic rings. The lowest BCUT2D eigenvalue weighted by Gasteiger charge is -2.35. The van der Waals surface area contributed by atoms with Gasteiger partial charge >= 0.3 is 0 Å². The Balaban J connectivity index is 1.36. The Morgan fingerprint density at radius 3 is 2.65 bits per heavy atom. The molecule has 11 heteroatoms. The fraction of sp³-hybridized carbons (Fsp3) is 0.375. The lowest BCUT2D eigenvalue weighted by Crippen LogP contribution is -2.51. The van der Waals surface area contributed by atoms with Crippen LogP contribution < -0.4 is 10.2 Å². The highest BCUT2D eigenvalue weighted by molar-refractivity contribution is 5.96. The smallest absolute Gasteiger partial charge is 0.271 e. The molecule has 5 heterocycles. The maximum absolute atomic E-state index is 13.5. The van der Waals surface area contributed by atoms with E-state index in [2.05, 4.69) is 33.1 Å². The molecule has 2 fully saturated rings. The van der Waals surface area contributed by atoms with Gasteiger partial charge in [0.1, 0.15) is 11.8 Å². The summed E-state index contributed by atoms with van der Waals surface area (Å²) >= 11 is 0. The quantitative estimate of drug-likeness (QED) is 0.280. The number of benzene rings is 1. The minimum absolute atomic E-state index is 0.0216. The average molecular weight is 582 g/mol. The lowest BCUT2D eigenvalue weighted by atomic mass is 9.89. The zero-order valence-electron chi connectivity index (χ0n) is 24.5. The second-order valence-corrected chi connectivity index (χ2v) is 11.3. The zero-order valence-corrected chi connectivity index (χ0v) is 24.5. The normalized spacial score (nSPS) is 21.7. The highest BCUT2D eigenvalue weighted by Gasteiger charge is 2.34. The number of anilines is 1. The summed E-state index contributed by atoms with van der Waals surface area (Å²) in [5, 5.41) is 9.10. The van der Waals surface area contributed by atoms with Gasteiger partial charge in [-0.1, -0.05) is 30.3 Å². The molecular weight excluding hydrogens is 546 g/mol. The predicted molar refractivity (Wildman–Crippen MR) is 162 cm³/mol. The molecule has 1 aliphatic heterocycles. The molecule has 11 nitrogen and oxygen atoms in total. The molecule has 5 aromatic rings. The van der Waals surface area contributed by atoms with Crippen LogP contribution in [-0.2, 0) is 20.8 Å². The van der Waals surface area contributed by atoms with Crippen molar-refractivity contribution in [3.63, 3.8) is 0 Å². The molecule has 1 aromatic carbocycles. The number of carbonyl (C=O) groups excluding carboxylic acids is 1. The van der Waals surface area contributed by atoms with Gasteiger partial charge in [0.15, 0.2) is 11.3 Å². The molecule has 0 radical (unpaired) electrons. The largest absolute Gasteiger partial charge is 0.379 e. The minimum atomic E-state index is -0.226. The molecule has 1 amide bonds. The van der Waals surface area contributed by atoms with E-state index in [9.17, 15) is 4.79 Å². The van der Waals surface area contributed by atoms with Gasteiger partial charge in [0.2, 0.25) is 0 Å². The van der Waals surface area contributed by atoms with Crippen LogP contribution in [0.4, 0.5) is 5.69 Å². The molecule has 4 atom stereocenters. The summed E-state index contributed by atoms with van der Waals surface area (Å²) < 4.78 is 20.8. The summed E-state index contributed by atoms with van der Waals surface area (Å²) in [5.74, 6) is -0.226. The van der Waals surface area contributed by atoms with Gasteiger partial charge in [-0.3, -0.25) is 4.79 Å². The van der Waals surface area contributed by atoms with Crippen LogP contribution in [-0.4, -0.2) is 82.8 Å². The molecule has 222 valence electrons. The topological polar surface area (TPSA) is 108 Å². The van der Waals surface area contributed by atoms with E-state index in [4.69, 9.17) is 29.3 Å². The minimum Gasteiger partial charge on any atom is -0.379 e. The average Bonchev–Trinajstić information content (AvgIpc) is 3.76. The van der Waals surface area contributed by atoms with E-state index >= 15 is 0 Å². The summed E-state index contributed by atoms with van der Waals surface area (Å²) in [6.07, 6.45) is 7.22. The summed E-state index contributed by atoms with van der Waals surface area (Å²) in [7, 11) is 5.42. The number of hydrogen-bond acceptors (Lipinski definition) is 8. The van der Waals surface area contributed by atoms with E-state index in [0.29, 0.717) is 36.8 Å². The number of hydrogen-bond donors (Lipinski definition) is 1. The number of fused-ring (bicyclic) bond motifs is 2. The van der Waals surface area contributed by atoms with E-state index in [-0.39, 0.29) is 30.2 Å². The Morgan fingerprint density at radius 1 is 1.05 bits per heavy atom. The molecule has 0 unspecified atom stereocenters. The van der Waals surface area contributed by atoms with E-state index in [0.717, 1.165) is 40.7 Å². The molecule has 43 heavy (non-hydrogen) atoms. The Hall–Kier alpha value is -4.32. The number of pyridine rings is 1. The van der Waals surface area contributed by atoms with E-state index in [1.54, 1.807) is 31.1 Å². The molecular formula is C32H35N7O4. The summed E-state index contributed by atoms with van der Waals surface area (Å²) in [5.41, 5.74) is 5.44. The lowest BCUT2D eigenvalue weighted by molar-refractivity contribution is 0.00718. The van der Waals surface area contributed by atoms with Crippen molar-refractivity contribution in [3.8, 4) is 11.3 Å². The van der Waals surface area contributed by atoms with Gasteiger partial charge in [0, 0.05) is 51.2 Å². The van der Waals surface area contributed by atoms with Gasteiger partial charge < -0.3 is 29.0 Å². The van der Waals surface area contributed by atoms with Crippen molar-refractivity contribution in [1.29, 1.82) is 0 Å². The summed E-state index contributed by atoms with van der Waals surface area (Å²) in [4.78, 5) is 25.1. The number of methoxy groups -OCH3 is 2. The van der Waals surface area contributed by atoms with Gasteiger partial charge in [-0.15, -0.1) is 0 Å². The molecule has 0 spiro atoms. The van der Waals surface area contributed by atoms with E-state index in [1.165, 1.54) is 0 Å². The SMILES string of the molecule is CO[C@H]1CC[C@@H]1NC(=O)c1cnc2c(N(C)Cc3ccccc3)cc(-c3cn([C@@H]4COC[C@H]4OC)c4ncccc34)nn12. The number of aromatic nitrogens is 5. The van der Waals surface area contributed by atoms with Crippen LogP contribution in [0.5, 0.6) is 0 Å². The first kappa shape index (κ1) is 27.5. The standard InChI is InChI=1S/C32H35N7O4/c1-37(16-20-8-5-4-6-9-20)25-14-24(36-39-26(15-34-31(25)39)32(40)35-23-11-12-28(23)41-2)22-17-38(27-18-43-19-29(27)42-3)30-21(22)10-7-13-33-30/h4-10,13-15,17,23,27-29H,11-12,16,18-19H2,1-3H3,(H,35,40)/t23-,27+,28-,29+/m0/s1. The summed E-state index contributed by atoms with van der Waals surface area (Å²) in [6.45, 7) is 1.72. The predicted octanol–water partition coefficient (Wildman–Crippen LogP) is 3.88. The van der Waals surface area contributed by atoms with Crippen LogP contribution in [0.2, 0.25) is 0 Å². The van der Waals surface area contributed by atoms with Crippen molar-refractivity contribution < 1.29 is 19.0 Å². The maximum atomic E-state index is 13.5. The Kier molecular flexibility index (Phi) is 7.29. The second kappa shape index (κ2) is 11.4. The monoisotopic (exact) mass is 581 g/mol. The van der Waals surface area contributed by atoms with Gasteiger partial charge in [0.05, 0.1) is 49.0 Å². The Labute approximate surface area is 249 Å². The number of imidazole rings is 1. The molecule has 1 N–H and O–H groups in total. The third-order valence-electron chi connectivity index (χ3n) is 8.71. The van der Waals surface area contributed by atoms with Gasteiger partial charge in [0.25, 0.3) is 5.91 Å². The van der Waals surface area contributed by atoms with E-state index < -0.39 is 0 Å². The van der Waals surface area contributed by atoms with Crippen LogP contribution in [0.3, 0.4) is 0 Å². The number of nitrogens with one attached hydrogen (secondary N) is 1. The first-order chi connectivity index (χ1) is 21.1. The molecule has 7 rings (SSSR count). The molecule has 1 aliphatic carbocycles. The van der Waals surface area contributed by atoms with Crippen LogP contribution >= 0.6 is 0 Å². The first-order valence-corrected chi connectivity index (χ1v) is 14.6. The van der Waals surface area contributed by atoms with Gasteiger partial charge in [-0.2, -0.15) is 5.10 Å². The highest BCUT2D eigenvalue weighted by Crippen LogP contribution is 2.36. The van der Waals surface area contributed by atoms with Crippen LogP contribution in [0.1, 0.15) is 34.9 Å². The third kappa shape index (κ3) is 4.93. The fourth-order valence-corrected chi connectivity index (χ4v) is 6.17.